The van der Waals surface area contributed by atoms with Crippen molar-refractivity contribution in [2.45, 2.75) is 38.6 Å². The van der Waals surface area contributed by atoms with E-state index in [0.29, 0.717) is 12.5 Å². The van der Waals surface area contributed by atoms with Crippen molar-refractivity contribution in [1.29, 1.82) is 0 Å². The predicted octanol–water partition coefficient (Wildman–Crippen LogP) is 0.976. The molecule has 0 atom stereocenters. The highest BCUT2D eigenvalue weighted by molar-refractivity contribution is 6.05. The maximum atomic E-state index is 11.5. The Morgan fingerprint density at radius 2 is 1.92 bits per heavy atom. The van der Waals surface area contributed by atoms with Crippen molar-refractivity contribution in [2.75, 3.05) is 6.54 Å². The van der Waals surface area contributed by atoms with Crippen LogP contribution in [0.1, 0.15) is 33.1 Å². The number of Topliss-reactive ketones (excluding diaryl/α,β-unsaturated/α-hetero) is 1. The number of hydrogen-bond acceptors (Lipinski definition) is 2. The van der Waals surface area contributed by atoms with E-state index in [0.717, 1.165) is 0 Å². The summed E-state index contributed by atoms with van der Waals surface area (Å²) in [5.41, 5.74) is -0.0940. The molecular weight excluding hydrogens is 166 g/mol. The van der Waals surface area contributed by atoms with Crippen molar-refractivity contribution in [3.05, 3.63) is 0 Å². The fraction of sp³-hybridized carbons (Fsp3) is 0.800. The summed E-state index contributed by atoms with van der Waals surface area (Å²) < 4.78 is 0. The summed E-state index contributed by atoms with van der Waals surface area (Å²) in [5.74, 6) is 0.697. The first-order valence-corrected chi connectivity index (χ1v) is 4.84. The summed E-state index contributed by atoms with van der Waals surface area (Å²) in [7, 11) is 0. The van der Waals surface area contributed by atoms with E-state index in [4.69, 9.17) is 0 Å². The van der Waals surface area contributed by atoms with Crippen LogP contribution < -0.4 is 0 Å². The van der Waals surface area contributed by atoms with Gasteiger partial charge in [0.1, 0.15) is 0 Å². The van der Waals surface area contributed by atoms with Gasteiger partial charge in [0.25, 0.3) is 0 Å². The van der Waals surface area contributed by atoms with Crippen LogP contribution in [0.4, 0.5) is 0 Å². The highest BCUT2D eigenvalue weighted by Crippen LogP contribution is 2.43. The predicted molar refractivity (Wildman–Crippen MR) is 48.1 cm³/mol. The normalized spacial score (nSPS) is 24.3. The van der Waals surface area contributed by atoms with Gasteiger partial charge >= 0.3 is 0 Å². The smallest absolute Gasteiger partial charge is 0.230 e. The number of hydrogen-bond donors (Lipinski definition) is 0. The van der Waals surface area contributed by atoms with Crippen molar-refractivity contribution < 1.29 is 9.59 Å². The van der Waals surface area contributed by atoms with Gasteiger partial charge in [0.2, 0.25) is 5.91 Å². The van der Waals surface area contributed by atoms with Crippen molar-refractivity contribution in [3.8, 4) is 0 Å². The molecule has 1 saturated heterocycles. The summed E-state index contributed by atoms with van der Waals surface area (Å²) in [4.78, 5) is 24.3. The van der Waals surface area contributed by atoms with Gasteiger partial charge in [-0.15, -0.1) is 0 Å². The third kappa shape index (κ3) is 1.36. The lowest BCUT2D eigenvalue weighted by molar-refractivity contribution is -0.132. The van der Waals surface area contributed by atoms with E-state index in [1.165, 1.54) is 12.8 Å². The van der Waals surface area contributed by atoms with Crippen LogP contribution in [0.3, 0.4) is 0 Å². The molecule has 0 radical (unpaired) electrons. The molecule has 1 aliphatic heterocycles. The molecule has 2 fully saturated rings. The van der Waals surface area contributed by atoms with E-state index in [2.05, 4.69) is 13.8 Å². The molecule has 1 heterocycles. The van der Waals surface area contributed by atoms with Gasteiger partial charge in [-0.25, -0.2) is 0 Å². The number of ketones is 1. The third-order valence-corrected chi connectivity index (χ3v) is 3.26. The lowest BCUT2D eigenvalue weighted by Crippen LogP contribution is -2.46. The van der Waals surface area contributed by atoms with E-state index in [-0.39, 0.29) is 23.7 Å². The van der Waals surface area contributed by atoms with Gasteiger partial charge in [0.05, 0.1) is 13.0 Å². The Morgan fingerprint density at radius 1 is 1.31 bits per heavy atom. The van der Waals surface area contributed by atoms with Gasteiger partial charge in [-0.05, 0) is 32.6 Å². The molecule has 2 rings (SSSR count). The highest BCUT2D eigenvalue weighted by atomic mass is 16.2. The molecule has 1 aliphatic carbocycles. The number of amides is 1. The Kier molecular flexibility index (Phi) is 1.72. The zero-order valence-electron chi connectivity index (χ0n) is 8.17. The third-order valence-electron chi connectivity index (χ3n) is 3.26. The average molecular weight is 181 g/mol. The standard InChI is InChI=1S/C10H15NO2/c1-10(2,7-3-4-7)11-6-8(12)5-9(11)13/h7H,3-6H2,1-2H3. The maximum absolute atomic E-state index is 11.5. The van der Waals surface area contributed by atoms with Crippen LogP contribution >= 0.6 is 0 Å². The summed E-state index contributed by atoms with van der Waals surface area (Å²) in [6, 6.07) is 0. The lowest BCUT2D eigenvalue weighted by Gasteiger charge is -2.35. The van der Waals surface area contributed by atoms with E-state index in [1.54, 1.807) is 4.90 Å². The van der Waals surface area contributed by atoms with Gasteiger partial charge in [0, 0.05) is 5.54 Å². The number of carbonyl (C=O) groups is 2. The van der Waals surface area contributed by atoms with Gasteiger partial charge in [-0.2, -0.15) is 0 Å². The molecule has 13 heavy (non-hydrogen) atoms. The summed E-state index contributed by atoms with van der Waals surface area (Å²) in [6.07, 6.45) is 2.52. The Hall–Kier alpha value is -0.860. The second kappa shape index (κ2) is 2.56. The second-order valence-corrected chi connectivity index (χ2v) is 4.62. The maximum Gasteiger partial charge on any atom is 0.230 e. The second-order valence-electron chi connectivity index (χ2n) is 4.62. The summed E-state index contributed by atoms with van der Waals surface area (Å²) in [5, 5.41) is 0. The quantitative estimate of drug-likeness (QED) is 0.595. The molecule has 0 aromatic rings. The number of carbonyl (C=O) groups excluding carboxylic acids is 2. The number of likely N-dealkylation sites (tertiary alicyclic amines) is 1. The molecule has 72 valence electrons. The molecule has 0 N–H and O–H groups in total. The van der Waals surface area contributed by atoms with Gasteiger partial charge in [-0.1, -0.05) is 0 Å². The zero-order chi connectivity index (χ0) is 9.64. The van der Waals surface area contributed by atoms with Crippen molar-refractivity contribution in [3.63, 3.8) is 0 Å². The van der Waals surface area contributed by atoms with Crippen LogP contribution in [0.15, 0.2) is 0 Å². The summed E-state index contributed by atoms with van der Waals surface area (Å²) in [6.45, 7) is 4.48. The molecule has 3 nitrogen and oxygen atoms in total. The lowest BCUT2D eigenvalue weighted by atomic mass is 9.97. The van der Waals surface area contributed by atoms with Gasteiger partial charge < -0.3 is 4.90 Å². The Bertz CT molecular complexity index is 266. The average Bonchev–Trinajstić information content (AvgIpc) is 2.78. The van der Waals surface area contributed by atoms with Crippen LogP contribution in [-0.2, 0) is 9.59 Å². The van der Waals surface area contributed by atoms with Crippen molar-refractivity contribution in [1.82, 2.24) is 4.90 Å². The fourth-order valence-electron chi connectivity index (χ4n) is 2.12. The molecule has 2 aliphatic rings. The number of rotatable bonds is 2. The molecule has 0 aromatic heterocycles. The highest BCUT2D eigenvalue weighted by Gasteiger charge is 2.46. The van der Waals surface area contributed by atoms with Crippen LogP contribution in [0, 0.1) is 5.92 Å². The topological polar surface area (TPSA) is 37.4 Å². The molecule has 1 amide bonds. The molecule has 1 saturated carbocycles. The first-order chi connectivity index (χ1) is 6.01. The molecule has 0 aromatic carbocycles. The van der Waals surface area contributed by atoms with E-state index in [1.807, 2.05) is 0 Å². The molecule has 3 heteroatoms. The minimum absolute atomic E-state index is 0.0156. The van der Waals surface area contributed by atoms with Gasteiger partial charge in [-0.3, -0.25) is 9.59 Å². The van der Waals surface area contributed by atoms with Crippen molar-refractivity contribution >= 4 is 11.7 Å². The molecule has 0 unspecified atom stereocenters. The van der Waals surface area contributed by atoms with Crippen LogP contribution in [0.2, 0.25) is 0 Å². The van der Waals surface area contributed by atoms with Crippen LogP contribution in [-0.4, -0.2) is 28.7 Å². The van der Waals surface area contributed by atoms with Crippen molar-refractivity contribution in [2.24, 2.45) is 5.92 Å². The molecule has 0 bridgehead atoms. The minimum atomic E-state index is -0.0940. The minimum Gasteiger partial charge on any atom is -0.330 e. The monoisotopic (exact) mass is 181 g/mol. The van der Waals surface area contributed by atoms with E-state index >= 15 is 0 Å². The molecular formula is C10H15NO2. The van der Waals surface area contributed by atoms with Crippen LogP contribution in [0.25, 0.3) is 0 Å². The SMILES string of the molecule is CC(C)(C1CC1)N1CC(=O)CC1=O. The first-order valence-electron chi connectivity index (χ1n) is 4.84. The Balaban J connectivity index is 2.15. The van der Waals surface area contributed by atoms with E-state index in [9.17, 15) is 9.59 Å². The largest absolute Gasteiger partial charge is 0.330 e. The fourth-order valence-corrected chi connectivity index (χ4v) is 2.12. The Labute approximate surface area is 78.1 Å². The van der Waals surface area contributed by atoms with Crippen LogP contribution in [0.5, 0.6) is 0 Å². The zero-order valence-corrected chi connectivity index (χ0v) is 8.17. The van der Waals surface area contributed by atoms with E-state index < -0.39 is 0 Å². The summed E-state index contributed by atoms with van der Waals surface area (Å²) >= 11 is 0. The number of nitrogens with zero attached hydrogens (tertiary/aromatic N) is 1. The first kappa shape index (κ1) is 8.73. The Morgan fingerprint density at radius 3 is 2.31 bits per heavy atom. The van der Waals surface area contributed by atoms with Gasteiger partial charge in [0.15, 0.2) is 5.78 Å². The molecule has 0 spiro atoms.